The van der Waals surface area contributed by atoms with Crippen LogP contribution >= 0.6 is 23.2 Å². The number of anilines is 1. The molecule has 21 heavy (non-hydrogen) atoms. The number of carbonyl (C=O) groups is 1. The molecule has 2 aromatic rings. The molecule has 2 N–H and O–H groups in total. The Balaban J connectivity index is 1.90. The van der Waals surface area contributed by atoms with Crippen LogP contribution in [0.15, 0.2) is 24.4 Å². The van der Waals surface area contributed by atoms with E-state index in [4.69, 9.17) is 28.3 Å². The van der Waals surface area contributed by atoms with Crippen molar-refractivity contribution in [3.63, 3.8) is 0 Å². The normalized spacial score (nSPS) is 10.6. The third kappa shape index (κ3) is 4.42. The number of nitrogens with one attached hydrogen (secondary N) is 1. The molecule has 1 aromatic heterocycles. The van der Waals surface area contributed by atoms with Gasteiger partial charge in [-0.1, -0.05) is 34.5 Å². The molecule has 0 saturated carbocycles. The number of amides is 1. The van der Waals surface area contributed by atoms with E-state index in [1.54, 1.807) is 29.1 Å². The lowest BCUT2D eigenvalue weighted by atomic mass is 10.3. The minimum atomic E-state index is -0.218. The highest BCUT2D eigenvalue weighted by atomic mass is 35.5. The molecular formula is C13H14Cl2N4O2. The van der Waals surface area contributed by atoms with Crippen LogP contribution in [0.4, 0.5) is 5.69 Å². The first-order valence-corrected chi connectivity index (χ1v) is 7.09. The number of aliphatic hydroxyl groups is 1. The van der Waals surface area contributed by atoms with E-state index in [1.165, 1.54) is 0 Å². The summed E-state index contributed by atoms with van der Waals surface area (Å²) >= 11 is 12.0. The molecule has 2 rings (SSSR count). The van der Waals surface area contributed by atoms with Gasteiger partial charge < -0.3 is 10.4 Å². The van der Waals surface area contributed by atoms with E-state index in [9.17, 15) is 4.79 Å². The van der Waals surface area contributed by atoms with Crippen LogP contribution in [0.25, 0.3) is 0 Å². The van der Waals surface area contributed by atoms with E-state index in [2.05, 4.69) is 15.6 Å². The Morgan fingerprint density at radius 2 is 2.05 bits per heavy atom. The molecule has 0 atom stereocenters. The second-order valence-corrected chi connectivity index (χ2v) is 5.16. The van der Waals surface area contributed by atoms with Crippen molar-refractivity contribution in [2.45, 2.75) is 19.4 Å². The molecular weight excluding hydrogens is 315 g/mol. The number of aliphatic hydroxyl groups excluding tert-OH is 1. The maximum absolute atomic E-state index is 11.9. The molecule has 0 aliphatic carbocycles. The summed E-state index contributed by atoms with van der Waals surface area (Å²) in [5, 5.41) is 20.0. The molecule has 0 aliphatic rings. The molecule has 0 radical (unpaired) electrons. The molecule has 0 aliphatic heterocycles. The number of hydrogen-bond donors (Lipinski definition) is 2. The number of aromatic nitrogens is 3. The van der Waals surface area contributed by atoms with Crippen LogP contribution in [0.3, 0.4) is 0 Å². The summed E-state index contributed by atoms with van der Waals surface area (Å²) in [6, 6.07) is 5.02. The number of nitrogens with zero attached hydrogens (tertiary/aromatic N) is 3. The Kier molecular flexibility index (Phi) is 5.55. The quantitative estimate of drug-likeness (QED) is 0.851. The monoisotopic (exact) mass is 328 g/mol. The third-order valence-corrected chi connectivity index (χ3v) is 3.38. The fraction of sp³-hybridized carbons (Fsp3) is 0.308. The Bertz CT molecular complexity index is 610. The molecule has 1 heterocycles. The number of rotatable bonds is 6. The van der Waals surface area contributed by atoms with Crippen LogP contribution in [0.2, 0.25) is 10.0 Å². The van der Waals surface area contributed by atoms with Crippen LogP contribution in [-0.4, -0.2) is 32.6 Å². The lowest BCUT2D eigenvalue weighted by molar-refractivity contribution is -0.116. The van der Waals surface area contributed by atoms with Crippen molar-refractivity contribution in [1.82, 2.24) is 15.0 Å². The fourth-order valence-electron chi connectivity index (χ4n) is 1.71. The summed E-state index contributed by atoms with van der Waals surface area (Å²) in [5.74, 6) is -0.218. The summed E-state index contributed by atoms with van der Waals surface area (Å²) in [5.41, 5.74) is 1.09. The van der Waals surface area contributed by atoms with Gasteiger partial charge in [0.05, 0.1) is 28.0 Å². The van der Waals surface area contributed by atoms with Gasteiger partial charge in [0.2, 0.25) is 5.91 Å². The molecule has 6 nitrogen and oxygen atoms in total. The molecule has 8 heteroatoms. The van der Waals surface area contributed by atoms with E-state index in [1.807, 2.05) is 0 Å². The number of para-hydroxylation sites is 1. The third-order valence-electron chi connectivity index (χ3n) is 2.75. The maximum Gasteiger partial charge on any atom is 0.226 e. The van der Waals surface area contributed by atoms with Crippen molar-refractivity contribution in [2.75, 3.05) is 11.9 Å². The summed E-state index contributed by atoms with van der Waals surface area (Å²) in [7, 11) is 0. The first-order valence-electron chi connectivity index (χ1n) is 6.34. The molecule has 0 saturated heterocycles. The highest BCUT2D eigenvalue weighted by molar-refractivity contribution is 6.39. The van der Waals surface area contributed by atoms with Crippen molar-refractivity contribution in [3.8, 4) is 0 Å². The zero-order valence-electron chi connectivity index (χ0n) is 11.1. The predicted octanol–water partition coefficient (Wildman–Crippen LogP) is 2.15. The van der Waals surface area contributed by atoms with Crippen LogP contribution < -0.4 is 5.32 Å². The number of halogens is 2. The van der Waals surface area contributed by atoms with Gasteiger partial charge in [0.1, 0.15) is 0 Å². The van der Waals surface area contributed by atoms with Gasteiger partial charge >= 0.3 is 0 Å². The van der Waals surface area contributed by atoms with E-state index in [0.29, 0.717) is 34.4 Å². The highest BCUT2D eigenvalue weighted by Gasteiger charge is 2.10. The number of aryl methyl sites for hydroxylation is 1. The molecule has 1 amide bonds. The van der Waals surface area contributed by atoms with Crippen LogP contribution in [0.5, 0.6) is 0 Å². The topological polar surface area (TPSA) is 80.0 Å². The maximum atomic E-state index is 11.9. The SMILES string of the molecule is O=C(CCn1cc(CCO)nn1)Nc1c(Cl)cccc1Cl. The summed E-state index contributed by atoms with van der Waals surface area (Å²) in [4.78, 5) is 11.9. The van der Waals surface area contributed by atoms with Gasteiger partial charge in [-0.3, -0.25) is 9.48 Å². The fourth-order valence-corrected chi connectivity index (χ4v) is 2.20. The number of carbonyl (C=O) groups excluding carboxylic acids is 1. The Morgan fingerprint density at radius 3 is 2.71 bits per heavy atom. The van der Waals surface area contributed by atoms with E-state index in [-0.39, 0.29) is 18.9 Å². The minimum absolute atomic E-state index is 0.0180. The van der Waals surface area contributed by atoms with Crippen molar-refractivity contribution >= 4 is 34.8 Å². The van der Waals surface area contributed by atoms with Gasteiger partial charge in [0, 0.05) is 25.6 Å². The van der Waals surface area contributed by atoms with Crippen LogP contribution in [0, 0.1) is 0 Å². The first kappa shape index (κ1) is 15.8. The largest absolute Gasteiger partial charge is 0.396 e. The Labute approximate surface area is 131 Å². The standard InChI is InChI=1S/C13H14Cl2N4O2/c14-10-2-1-3-11(15)13(10)16-12(21)4-6-19-8-9(5-7-20)17-18-19/h1-3,8,20H,4-7H2,(H,16,21). The van der Waals surface area contributed by atoms with Gasteiger partial charge in [-0.05, 0) is 12.1 Å². The van der Waals surface area contributed by atoms with Crippen molar-refractivity contribution in [2.24, 2.45) is 0 Å². The summed E-state index contributed by atoms with van der Waals surface area (Å²) in [6.07, 6.45) is 2.36. The van der Waals surface area contributed by atoms with Crippen LogP contribution in [-0.2, 0) is 17.8 Å². The van der Waals surface area contributed by atoms with Gasteiger partial charge in [-0.2, -0.15) is 0 Å². The van der Waals surface area contributed by atoms with Crippen molar-refractivity contribution in [3.05, 3.63) is 40.1 Å². The zero-order valence-corrected chi connectivity index (χ0v) is 12.6. The van der Waals surface area contributed by atoms with Gasteiger partial charge in [0.25, 0.3) is 0 Å². The van der Waals surface area contributed by atoms with Crippen molar-refractivity contribution < 1.29 is 9.90 Å². The van der Waals surface area contributed by atoms with Gasteiger partial charge in [-0.15, -0.1) is 5.10 Å². The number of benzene rings is 1. The zero-order chi connectivity index (χ0) is 15.2. The lowest BCUT2D eigenvalue weighted by Crippen LogP contribution is -2.15. The van der Waals surface area contributed by atoms with Gasteiger partial charge in [-0.25, -0.2) is 0 Å². The molecule has 0 unspecified atom stereocenters. The predicted molar refractivity (Wildman–Crippen MR) is 80.5 cm³/mol. The van der Waals surface area contributed by atoms with Crippen LogP contribution in [0.1, 0.15) is 12.1 Å². The van der Waals surface area contributed by atoms with Gasteiger partial charge in [0.15, 0.2) is 0 Å². The molecule has 1 aromatic carbocycles. The highest BCUT2D eigenvalue weighted by Crippen LogP contribution is 2.29. The smallest absolute Gasteiger partial charge is 0.226 e. The molecule has 0 spiro atoms. The van der Waals surface area contributed by atoms with E-state index < -0.39 is 0 Å². The average molecular weight is 329 g/mol. The molecule has 0 fully saturated rings. The second kappa shape index (κ2) is 7.40. The van der Waals surface area contributed by atoms with Crippen molar-refractivity contribution in [1.29, 1.82) is 0 Å². The Morgan fingerprint density at radius 1 is 1.33 bits per heavy atom. The Hall–Kier alpha value is -1.63. The average Bonchev–Trinajstić information content (AvgIpc) is 2.89. The molecule has 0 bridgehead atoms. The molecule has 112 valence electrons. The lowest BCUT2D eigenvalue weighted by Gasteiger charge is -2.08. The summed E-state index contributed by atoms with van der Waals surface area (Å²) in [6.45, 7) is 0.399. The second-order valence-electron chi connectivity index (χ2n) is 4.34. The van der Waals surface area contributed by atoms with E-state index in [0.717, 1.165) is 0 Å². The first-order chi connectivity index (χ1) is 10.1. The minimum Gasteiger partial charge on any atom is -0.396 e. The number of hydrogen-bond acceptors (Lipinski definition) is 4. The summed E-state index contributed by atoms with van der Waals surface area (Å²) < 4.78 is 1.55. The van der Waals surface area contributed by atoms with E-state index >= 15 is 0 Å².